The summed E-state index contributed by atoms with van der Waals surface area (Å²) in [7, 11) is 1.89. The van der Waals surface area contributed by atoms with Gasteiger partial charge in [0.1, 0.15) is 17.2 Å². The zero-order chi connectivity index (χ0) is 28.0. The lowest BCUT2D eigenvalue weighted by atomic mass is 10.0. The fourth-order valence-corrected chi connectivity index (χ4v) is 5.37. The van der Waals surface area contributed by atoms with Crippen LogP contribution in [-0.2, 0) is 13.2 Å². The largest absolute Gasteiger partial charge is 0.456 e. The maximum atomic E-state index is 14.1. The first-order valence-electron chi connectivity index (χ1n) is 11.9. The van der Waals surface area contributed by atoms with E-state index in [0.29, 0.717) is 16.2 Å². The monoisotopic (exact) mass is 560 g/mol. The number of carbonyl (C=O) groups is 1. The van der Waals surface area contributed by atoms with Crippen LogP contribution in [0.3, 0.4) is 0 Å². The molecule has 12 heteroatoms. The fourth-order valence-electron chi connectivity index (χ4n) is 4.34. The summed E-state index contributed by atoms with van der Waals surface area (Å²) in [4.78, 5) is 22.0. The van der Waals surface area contributed by atoms with Crippen molar-refractivity contribution in [3.05, 3.63) is 96.7 Å². The van der Waals surface area contributed by atoms with Gasteiger partial charge in [0.25, 0.3) is 5.91 Å². The SMILES string of the molecule is Cn1cnc(-c2cc3nccc(Oc4ccc(-c5nn(-c6ccccc6)c(C(F)(F)F)c5C(N)=O)cc4)c3s2)c1. The highest BCUT2D eigenvalue weighted by atomic mass is 32.1. The number of hydrogen-bond acceptors (Lipinski definition) is 6. The van der Waals surface area contributed by atoms with Crippen LogP contribution in [0.1, 0.15) is 16.1 Å². The minimum Gasteiger partial charge on any atom is -0.456 e. The zero-order valence-corrected chi connectivity index (χ0v) is 21.6. The van der Waals surface area contributed by atoms with Gasteiger partial charge < -0.3 is 15.0 Å². The minimum atomic E-state index is -4.88. The number of fused-ring (bicyclic) bond motifs is 1. The van der Waals surface area contributed by atoms with Crippen LogP contribution >= 0.6 is 11.3 Å². The number of rotatable bonds is 6. The van der Waals surface area contributed by atoms with E-state index in [1.807, 2.05) is 23.9 Å². The maximum absolute atomic E-state index is 14.1. The molecular weight excluding hydrogens is 541 g/mol. The highest BCUT2D eigenvalue weighted by molar-refractivity contribution is 7.22. The van der Waals surface area contributed by atoms with E-state index in [9.17, 15) is 18.0 Å². The summed E-state index contributed by atoms with van der Waals surface area (Å²) in [6, 6.07) is 17.7. The van der Waals surface area contributed by atoms with Crippen LogP contribution in [-0.4, -0.2) is 30.2 Å². The van der Waals surface area contributed by atoms with Gasteiger partial charge in [-0.1, -0.05) is 18.2 Å². The van der Waals surface area contributed by atoms with Gasteiger partial charge in [0.05, 0.1) is 38.4 Å². The first-order valence-corrected chi connectivity index (χ1v) is 12.7. The van der Waals surface area contributed by atoms with Gasteiger partial charge in [-0.05, 0) is 42.5 Å². The second kappa shape index (κ2) is 9.65. The second-order valence-electron chi connectivity index (χ2n) is 8.87. The molecular formula is C28H19F3N6O2S. The number of imidazole rings is 1. The van der Waals surface area contributed by atoms with Crippen molar-refractivity contribution in [2.45, 2.75) is 6.18 Å². The molecule has 0 saturated heterocycles. The summed E-state index contributed by atoms with van der Waals surface area (Å²) in [6.07, 6.45) is 0.384. The van der Waals surface area contributed by atoms with Crippen LogP contribution in [0.15, 0.2) is 85.5 Å². The Hall–Kier alpha value is -4.97. The Morgan fingerprint density at radius 1 is 1.02 bits per heavy atom. The van der Waals surface area contributed by atoms with Crippen molar-refractivity contribution in [2.24, 2.45) is 12.8 Å². The molecule has 2 aromatic carbocycles. The Morgan fingerprint density at radius 2 is 1.77 bits per heavy atom. The van der Waals surface area contributed by atoms with Crippen LogP contribution in [0, 0.1) is 0 Å². The number of primary amides is 1. The number of thiophene rings is 1. The van der Waals surface area contributed by atoms with Gasteiger partial charge in [-0.3, -0.25) is 9.78 Å². The lowest BCUT2D eigenvalue weighted by molar-refractivity contribution is -0.143. The number of carbonyl (C=O) groups excluding carboxylic acids is 1. The molecule has 40 heavy (non-hydrogen) atoms. The van der Waals surface area contributed by atoms with Gasteiger partial charge in [-0.15, -0.1) is 11.3 Å². The van der Waals surface area contributed by atoms with E-state index < -0.39 is 23.3 Å². The highest BCUT2D eigenvalue weighted by Gasteiger charge is 2.42. The molecule has 0 fully saturated rings. The molecule has 0 aliphatic carbocycles. The van der Waals surface area contributed by atoms with E-state index in [2.05, 4.69) is 15.1 Å². The highest BCUT2D eigenvalue weighted by Crippen LogP contribution is 2.40. The first-order chi connectivity index (χ1) is 19.2. The van der Waals surface area contributed by atoms with Crippen LogP contribution in [0.5, 0.6) is 11.5 Å². The van der Waals surface area contributed by atoms with Crippen molar-refractivity contribution in [2.75, 3.05) is 0 Å². The van der Waals surface area contributed by atoms with Crippen LogP contribution in [0.2, 0.25) is 0 Å². The van der Waals surface area contributed by atoms with Crippen molar-refractivity contribution >= 4 is 27.5 Å². The molecule has 4 aromatic heterocycles. The maximum Gasteiger partial charge on any atom is 0.434 e. The van der Waals surface area contributed by atoms with Crippen molar-refractivity contribution < 1.29 is 22.7 Å². The van der Waals surface area contributed by atoms with Gasteiger partial charge in [-0.25, -0.2) is 9.67 Å². The molecule has 6 aromatic rings. The number of nitrogens with two attached hydrogens (primary N) is 1. The van der Waals surface area contributed by atoms with Crippen LogP contribution in [0.4, 0.5) is 13.2 Å². The molecule has 0 aliphatic rings. The standard InChI is InChI=1S/C28H19F3N6O2S/c1-36-14-20(34-15-36)22-13-19-25(40-22)21(11-12-33-19)39-18-9-7-16(8-10-18)24-23(27(32)38)26(28(29,30)31)37(35-24)17-5-3-2-4-6-17/h2-15H,1H3,(H2,32,38). The molecule has 0 radical (unpaired) electrons. The number of hydrogen-bond donors (Lipinski definition) is 1. The van der Waals surface area contributed by atoms with Gasteiger partial charge in [0.15, 0.2) is 5.69 Å². The topological polar surface area (TPSA) is 101 Å². The molecule has 1 amide bonds. The predicted molar refractivity (Wildman–Crippen MR) is 144 cm³/mol. The molecule has 2 N–H and O–H groups in total. The van der Waals surface area contributed by atoms with Crippen molar-refractivity contribution in [3.8, 4) is 39.0 Å². The number of benzene rings is 2. The molecule has 4 heterocycles. The molecule has 0 unspecified atom stereocenters. The number of para-hydroxylation sites is 1. The molecule has 0 atom stereocenters. The molecule has 0 aliphatic heterocycles. The van der Waals surface area contributed by atoms with E-state index in [1.54, 1.807) is 48.9 Å². The van der Waals surface area contributed by atoms with E-state index >= 15 is 0 Å². The quantitative estimate of drug-likeness (QED) is 0.252. The third-order valence-electron chi connectivity index (χ3n) is 6.09. The number of halogens is 3. The van der Waals surface area contributed by atoms with E-state index in [1.165, 1.54) is 35.6 Å². The number of amides is 1. The average Bonchev–Trinajstić information content (AvgIpc) is 3.66. The van der Waals surface area contributed by atoms with E-state index in [0.717, 1.165) is 20.8 Å². The number of aromatic nitrogens is 5. The first kappa shape index (κ1) is 25.3. The lowest BCUT2D eigenvalue weighted by Crippen LogP contribution is -2.21. The van der Waals surface area contributed by atoms with E-state index in [4.69, 9.17) is 10.5 Å². The summed E-state index contributed by atoms with van der Waals surface area (Å²) in [5, 5.41) is 4.17. The smallest absolute Gasteiger partial charge is 0.434 e. The number of aryl methyl sites for hydroxylation is 1. The normalized spacial score (nSPS) is 11.7. The lowest BCUT2D eigenvalue weighted by Gasteiger charge is -2.11. The Balaban J connectivity index is 1.37. The Bertz CT molecular complexity index is 1860. The number of pyridine rings is 1. The number of alkyl halides is 3. The molecule has 200 valence electrons. The van der Waals surface area contributed by atoms with Gasteiger partial charge >= 0.3 is 6.18 Å². The molecule has 0 spiro atoms. The molecule has 6 rings (SSSR count). The summed E-state index contributed by atoms with van der Waals surface area (Å²) in [5.41, 5.74) is 5.31. The Morgan fingerprint density at radius 3 is 2.42 bits per heavy atom. The fraction of sp³-hybridized carbons (Fsp3) is 0.0714. The second-order valence-corrected chi connectivity index (χ2v) is 9.92. The van der Waals surface area contributed by atoms with Crippen molar-refractivity contribution in [3.63, 3.8) is 0 Å². The van der Waals surface area contributed by atoms with Crippen molar-refractivity contribution in [1.82, 2.24) is 24.3 Å². The predicted octanol–water partition coefficient (Wildman–Crippen LogP) is 6.46. The number of nitrogens with zero attached hydrogens (tertiary/aromatic N) is 5. The third-order valence-corrected chi connectivity index (χ3v) is 7.25. The summed E-state index contributed by atoms with van der Waals surface area (Å²) in [5.74, 6) is -0.232. The minimum absolute atomic E-state index is 0.145. The van der Waals surface area contributed by atoms with Gasteiger partial charge in [0.2, 0.25) is 0 Å². The van der Waals surface area contributed by atoms with Gasteiger partial charge in [-0.2, -0.15) is 18.3 Å². The summed E-state index contributed by atoms with van der Waals surface area (Å²) >= 11 is 1.49. The Kier molecular flexibility index (Phi) is 6.11. The third kappa shape index (κ3) is 4.58. The van der Waals surface area contributed by atoms with Crippen LogP contribution in [0.25, 0.3) is 37.7 Å². The molecule has 0 saturated carbocycles. The zero-order valence-electron chi connectivity index (χ0n) is 20.8. The van der Waals surface area contributed by atoms with Crippen LogP contribution < -0.4 is 10.5 Å². The summed E-state index contributed by atoms with van der Waals surface area (Å²) in [6.45, 7) is 0. The average molecular weight is 561 g/mol. The summed E-state index contributed by atoms with van der Waals surface area (Å²) < 4.78 is 51.9. The molecule has 8 nitrogen and oxygen atoms in total. The molecule has 0 bridgehead atoms. The Labute approximate surface area is 229 Å². The number of ether oxygens (including phenoxy) is 1. The van der Waals surface area contributed by atoms with Crippen molar-refractivity contribution in [1.29, 1.82) is 0 Å². The van der Waals surface area contributed by atoms with E-state index in [-0.39, 0.29) is 16.9 Å². The van der Waals surface area contributed by atoms with Gasteiger partial charge in [0, 0.05) is 31.1 Å².